The van der Waals surface area contributed by atoms with Crippen LogP contribution in [-0.4, -0.2) is 61.7 Å². The highest BCUT2D eigenvalue weighted by atomic mass is 16.7. The lowest BCUT2D eigenvalue weighted by Gasteiger charge is -2.43. The standard InChI is InChI=1S/C29H38N2O6/c1-4-15-35-29(33)30-24-8-5-7-23(16-24)28-36-26(17-31-14-6-9-25(31)19-34-3)20(2)27(37-28)22-12-10-21(18-32)11-13-22/h4-5,7-8,10-13,16,20,25-28,32H,1,6,9,14-15,17-19H2,2-3H3,(H,30,33)/t20-,25-,26+,27+,28+/m0/s1. The monoisotopic (exact) mass is 510 g/mol. The number of amides is 1. The molecule has 200 valence electrons. The van der Waals surface area contributed by atoms with Crippen molar-refractivity contribution in [3.8, 4) is 0 Å². The van der Waals surface area contributed by atoms with Crippen molar-refractivity contribution >= 4 is 11.8 Å². The maximum atomic E-state index is 12.0. The number of hydrogen-bond acceptors (Lipinski definition) is 7. The molecule has 2 aromatic carbocycles. The molecule has 0 aliphatic carbocycles. The van der Waals surface area contributed by atoms with E-state index in [1.54, 1.807) is 13.2 Å². The van der Waals surface area contributed by atoms with Gasteiger partial charge in [0, 0.05) is 36.9 Å². The third kappa shape index (κ3) is 6.97. The number of ether oxygens (including phenoxy) is 4. The Hall–Kier alpha value is -2.75. The second-order valence-electron chi connectivity index (χ2n) is 9.71. The van der Waals surface area contributed by atoms with Crippen LogP contribution in [0.5, 0.6) is 0 Å². The van der Waals surface area contributed by atoms with Crippen LogP contribution in [0, 0.1) is 5.92 Å². The molecule has 2 N–H and O–H groups in total. The first-order chi connectivity index (χ1) is 18.0. The molecule has 0 unspecified atom stereocenters. The molecule has 2 aromatic rings. The predicted octanol–water partition coefficient (Wildman–Crippen LogP) is 4.82. The molecule has 2 aliphatic rings. The molecule has 5 atom stereocenters. The number of nitrogens with one attached hydrogen (secondary N) is 1. The van der Waals surface area contributed by atoms with Crippen LogP contribution in [0.2, 0.25) is 0 Å². The summed E-state index contributed by atoms with van der Waals surface area (Å²) in [6.07, 6.45) is 2.35. The van der Waals surface area contributed by atoms with Gasteiger partial charge >= 0.3 is 6.09 Å². The molecule has 8 nitrogen and oxygen atoms in total. The van der Waals surface area contributed by atoms with E-state index in [9.17, 15) is 9.90 Å². The number of methoxy groups -OCH3 is 1. The Kier molecular flexibility index (Phi) is 9.71. The SMILES string of the molecule is C=CCOC(=O)Nc1cccc([C@@H]2O[C@H](CN3CCC[C@H]3COC)[C@H](C)[C@H](c3ccc(CO)cc3)O2)c1. The largest absolute Gasteiger partial charge is 0.445 e. The molecular weight excluding hydrogens is 472 g/mol. The van der Waals surface area contributed by atoms with Crippen LogP contribution in [0.25, 0.3) is 0 Å². The van der Waals surface area contributed by atoms with E-state index in [1.807, 2.05) is 42.5 Å². The summed E-state index contributed by atoms with van der Waals surface area (Å²) in [6.45, 7) is 8.38. The zero-order valence-electron chi connectivity index (χ0n) is 21.7. The van der Waals surface area contributed by atoms with Crippen LogP contribution in [0.1, 0.15) is 48.8 Å². The van der Waals surface area contributed by atoms with E-state index in [2.05, 4.69) is 23.7 Å². The van der Waals surface area contributed by atoms with Crippen molar-refractivity contribution in [1.82, 2.24) is 4.90 Å². The number of anilines is 1. The first kappa shape index (κ1) is 27.3. The van der Waals surface area contributed by atoms with Crippen LogP contribution in [0.3, 0.4) is 0 Å². The Bertz CT molecular complexity index is 1030. The first-order valence-electron chi connectivity index (χ1n) is 12.9. The van der Waals surface area contributed by atoms with Crippen molar-refractivity contribution in [2.75, 3.05) is 38.7 Å². The Morgan fingerprint density at radius 2 is 2.03 bits per heavy atom. The van der Waals surface area contributed by atoms with Crippen LogP contribution in [0.4, 0.5) is 10.5 Å². The molecule has 2 aliphatic heterocycles. The molecule has 0 saturated carbocycles. The maximum absolute atomic E-state index is 12.0. The molecule has 0 spiro atoms. The summed E-state index contributed by atoms with van der Waals surface area (Å²) >= 11 is 0. The van der Waals surface area contributed by atoms with Gasteiger partial charge in [-0.05, 0) is 42.6 Å². The fraction of sp³-hybridized carbons (Fsp3) is 0.483. The fourth-order valence-corrected chi connectivity index (χ4v) is 5.13. The number of aliphatic hydroxyl groups excluding tert-OH is 1. The molecule has 2 fully saturated rings. The molecule has 8 heteroatoms. The lowest BCUT2D eigenvalue weighted by Crippen LogP contribution is -2.46. The van der Waals surface area contributed by atoms with Gasteiger partial charge in [-0.1, -0.05) is 56.0 Å². The average Bonchev–Trinajstić information content (AvgIpc) is 3.35. The van der Waals surface area contributed by atoms with Crippen molar-refractivity contribution < 1.29 is 28.8 Å². The van der Waals surface area contributed by atoms with Gasteiger partial charge in [-0.3, -0.25) is 10.2 Å². The van der Waals surface area contributed by atoms with Crippen molar-refractivity contribution in [2.24, 2.45) is 5.92 Å². The number of nitrogens with zero attached hydrogens (tertiary/aromatic N) is 1. The minimum absolute atomic E-state index is 0.000588. The van der Waals surface area contributed by atoms with Gasteiger partial charge in [0.2, 0.25) is 0 Å². The van der Waals surface area contributed by atoms with Gasteiger partial charge in [0.15, 0.2) is 6.29 Å². The van der Waals surface area contributed by atoms with Gasteiger partial charge in [-0.15, -0.1) is 0 Å². The van der Waals surface area contributed by atoms with Crippen LogP contribution in [0.15, 0.2) is 61.2 Å². The highest BCUT2D eigenvalue weighted by Gasteiger charge is 2.40. The minimum Gasteiger partial charge on any atom is -0.445 e. The molecule has 0 aromatic heterocycles. The molecular formula is C29H38N2O6. The molecule has 0 bridgehead atoms. The Balaban J connectivity index is 1.57. The molecule has 2 saturated heterocycles. The normalized spacial score (nSPS) is 26.1. The van der Waals surface area contributed by atoms with Crippen molar-refractivity contribution in [3.63, 3.8) is 0 Å². The topological polar surface area (TPSA) is 89.5 Å². The highest BCUT2D eigenvalue weighted by molar-refractivity contribution is 5.84. The van der Waals surface area contributed by atoms with E-state index >= 15 is 0 Å². The number of likely N-dealkylation sites (tertiary alicyclic amines) is 1. The van der Waals surface area contributed by atoms with Crippen molar-refractivity contribution in [2.45, 2.75) is 50.9 Å². The van der Waals surface area contributed by atoms with E-state index in [0.717, 1.165) is 42.6 Å². The maximum Gasteiger partial charge on any atom is 0.411 e. The molecule has 0 radical (unpaired) electrons. The Labute approximate surface area is 219 Å². The second kappa shape index (κ2) is 13.2. The lowest BCUT2D eigenvalue weighted by molar-refractivity contribution is -0.276. The van der Waals surface area contributed by atoms with Crippen LogP contribution >= 0.6 is 0 Å². The Morgan fingerprint density at radius 1 is 1.22 bits per heavy atom. The van der Waals surface area contributed by atoms with Crippen molar-refractivity contribution in [3.05, 3.63) is 77.9 Å². The highest BCUT2D eigenvalue weighted by Crippen LogP contribution is 2.42. The van der Waals surface area contributed by atoms with Gasteiger partial charge in [0.25, 0.3) is 0 Å². The smallest absolute Gasteiger partial charge is 0.411 e. The third-order valence-electron chi connectivity index (χ3n) is 7.13. The molecule has 2 heterocycles. The van der Waals surface area contributed by atoms with Gasteiger partial charge in [-0.25, -0.2) is 4.79 Å². The Morgan fingerprint density at radius 3 is 2.76 bits per heavy atom. The summed E-state index contributed by atoms with van der Waals surface area (Å²) in [5, 5.41) is 12.2. The summed E-state index contributed by atoms with van der Waals surface area (Å²) in [7, 11) is 1.75. The van der Waals surface area contributed by atoms with E-state index in [-0.39, 0.29) is 31.3 Å². The molecule has 37 heavy (non-hydrogen) atoms. The van der Waals surface area contributed by atoms with Gasteiger partial charge in [0.1, 0.15) is 6.61 Å². The summed E-state index contributed by atoms with van der Waals surface area (Å²) in [5.74, 6) is 0.0928. The van der Waals surface area contributed by atoms with Gasteiger partial charge < -0.3 is 24.1 Å². The van der Waals surface area contributed by atoms with Crippen molar-refractivity contribution in [1.29, 1.82) is 0 Å². The quantitative estimate of drug-likeness (QED) is 0.443. The molecule has 4 rings (SSSR count). The third-order valence-corrected chi connectivity index (χ3v) is 7.13. The van der Waals surface area contributed by atoms with E-state index in [4.69, 9.17) is 18.9 Å². The fourth-order valence-electron chi connectivity index (χ4n) is 5.13. The van der Waals surface area contributed by atoms with E-state index in [1.165, 1.54) is 6.08 Å². The average molecular weight is 511 g/mol. The van der Waals surface area contributed by atoms with E-state index < -0.39 is 12.4 Å². The number of aliphatic hydroxyl groups is 1. The van der Waals surface area contributed by atoms with Crippen LogP contribution < -0.4 is 5.32 Å². The number of rotatable bonds is 10. The summed E-state index contributed by atoms with van der Waals surface area (Å²) in [4.78, 5) is 14.5. The summed E-state index contributed by atoms with van der Waals surface area (Å²) < 4.78 is 23.7. The zero-order valence-corrected chi connectivity index (χ0v) is 21.7. The first-order valence-corrected chi connectivity index (χ1v) is 12.9. The summed E-state index contributed by atoms with van der Waals surface area (Å²) in [5.41, 5.74) is 3.31. The van der Waals surface area contributed by atoms with Gasteiger partial charge in [0.05, 0.1) is 25.4 Å². The van der Waals surface area contributed by atoms with Crippen LogP contribution in [-0.2, 0) is 25.6 Å². The zero-order chi connectivity index (χ0) is 26.2. The summed E-state index contributed by atoms with van der Waals surface area (Å²) in [6, 6.07) is 15.7. The molecule has 1 amide bonds. The van der Waals surface area contributed by atoms with Gasteiger partial charge in [-0.2, -0.15) is 0 Å². The number of carbonyl (C=O) groups is 1. The number of benzene rings is 2. The minimum atomic E-state index is -0.613. The lowest BCUT2D eigenvalue weighted by atomic mass is 9.90. The number of carbonyl (C=O) groups excluding carboxylic acids is 1. The van der Waals surface area contributed by atoms with E-state index in [0.29, 0.717) is 18.3 Å². The predicted molar refractivity (Wildman–Crippen MR) is 141 cm³/mol. The second-order valence-corrected chi connectivity index (χ2v) is 9.71. The number of hydrogen-bond donors (Lipinski definition) is 2.